The molecule has 7 heteroatoms. The summed E-state index contributed by atoms with van der Waals surface area (Å²) in [5.41, 5.74) is 1.92. The van der Waals surface area contributed by atoms with Gasteiger partial charge in [-0.2, -0.15) is 0 Å². The Kier molecular flexibility index (Phi) is 6.02. The maximum Gasteiger partial charge on any atom is 0.315 e. The number of piperidine rings is 1. The average molecular weight is 398 g/mol. The number of nitrogens with zero attached hydrogens (tertiary/aromatic N) is 2. The first-order valence-corrected chi connectivity index (χ1v) is 10.8. The van der Waals surface area contributed by atoms with E-state index in [1.807, 2.05) is 31.3 Å². The van der Waals surface area contributed by atoms with Gasteiger partial charge in [-0.3, -0.25) is 4.79 Å². The van der Waals surface area contributed by atoms with Crippen molar-refractivity contribution in [1.29, 1.82) is 0 Å². The Bertz CT molecular complexity index is 825. The molecule has 7 nitrogen and oxygen atoms in total. The maximum absolute atomic E-state index is 12.7. The van der Waals surface area contributed by atoms with Crippen LogP contribution in [0.15, 0.2) is 24.3 Å². The minimum atomic E-state index is -0.174. The number of urea groups is 1. The van der Waals surface area contributed by atoms with Crippen molar-refractivity contribution in [3.63, 3.8) is 0 Å². The lowest BCUT2D eigenvalue weighted by Gasteiger charge is -2.31. The summed E-state index contributed by atoms with van der Waals surface area (Å²) in [7, 11) is 1.83. The van der Waals surface area contributed by atoms with Crippen LogP contribution < -0.4 is 10.6 Å². The summed E-state index contributed by atoms with van der Waals surface area (Å²) in [5.74, 6) is 1.59. The number of hydrogen-bond acceptors (Lipinski definition) is 3. The maximum atomic E-state index is 12.7. The molecule has 1 aromatic carbocycles. The first kappa shape index (κ1) is 19.7. The second-order valence-corrected chi connectivity index (χ2v) is 8.54. The zero-order valence-corrected chi connectivity index (χ0v) is 17.1. The van der Waals surface area contributed by atoms with Gasteiger partial charge in [-0.15, -0.1) is 0 Å². The predicted octanol–water partition coefficient (Wildman–Crippen LogP) is 3.35. The third-order valence-electron chi connectivity index (χ3n) is 6.42. The summed E-state index contributed by atoms with van der Waals surface area (Å²) >= 11 is 0. The molecule has 0 spiro atoms. The predicted molar refractivity (Wildman–Crippen MR) is 112 cm³/mol. The number of carbonyl (C=O) groups excluding carboxylic acids is 2. The largest absolute Gasteiger partial charge is 0.346 e. The number of amides is 3. The van der Waals surface area contributed by atoms with Crippen molar-refractivity contribution in [2.45, 2.75) is 51.0 Å². The van der Waals surface area contributed by atoms with E-state index in [-0.39, 0.29) is 23.9 Å². The first-order valence-electron chi connectivity index (χ1n) is 10.8. The van der Waals surface area contributed by atoms with E-state index >= 15 is 0 Å². The van der Waals surface area contributed by atoms with Crippen LogP contribution in [-0.2, 0) is 4.79 Å². The Morgan fingerprint density at radius 1 is 1.24 bits per heavy atom. The van der Waals surface area contributed by atoms with Crippen molar-refractivity contribution < 1.29 is 9.59 Å². The molecular weight excluding hydrogens is 366 g/mol. The van der Waals surface area contributed by atoms with Gasteiger partial charge in [0.2, 0.25) is 5.91 Å². The van der Waals surface area contributed by atoms with Gasteiger partial charge in [-0.1, -0.05) is 31.4 Å². The lowest BCUT2D eigenvalue weighted by Crippen LogP contribution is -2.45. The average Bonchev–Trinajstić information content (AvgIpc) is 3.17. The number of para-hydroxylation sites is 2. The minimum Gasteiger partial charge on any atom is -0.346 e. The number of benzene rings is 1. The monoisotopic (exact) mass is 397 g/mol. The van der Waals surface area contributed by atoms with E-state index in [2.05, 4.69) is 15.6 Å². The number of aromatic amines is 1. The normalized spacial score (nSPS) is 21.9. The molecule has 3 amide bonds. The third-order valence-corrected chi connectivity index (χ3v) is 6.42. The minimum absolute atomic E-state index is 0.123. The van der Waals surface area contributed by atoms with Gasteiger partial charge in [0.05, 0.1) is 17.1 Å². The van der Waals surface area contributed by atoms with Crippen molar-refractivity contribution in [3.8, 4) is 0 Å². The number of rotatable bonds is 5. The van der Waals surface area contributed by atoms with E-state index < -0.39 is 0 Å². The molecule has 1 aromatic heterocycles. The highest BCUT2D eigenvalue weighted by molar-refractivity contribution is 5.78. The van der Waals surface area contributed by atoms with Gasteiger partial charge in [-0.05, 0) is 43.2 Å². The smallest absolute Gasteiger partial charge is 0.315 e. The zero-order valence-electron chi connectivity index (χ0n) is 17.1. The SMILES string of the molecule is CN1CCC(CNC(=O)NC(c2nc3ccccc3[nH]2)C2CCCCC2)CC1=O. The van der Waals surface area contributed by atoms with Crippen LogP contribution in [0.4, 0.5) is 4.79 Å². The molecule has 2 aromatic rings. The van der Waals surface area contributed by atoms with Gasteiger partial charge in [0.1, 0.15) is 5.82 Å². The number of likely N-dealkylation sites (tertiary alicyclic amines) is 1. The van der Waals surface area contributed by atoms with Crippen LogP contribution >= 0.6 is 0 Å². The third kappa shape index (κ3) is 4.71. The number of aromatic nitrogens is 2. The van der Waals surface area contributed by atoms with E-state index in [9.17, 15) is 9.59 Å². The van der Waals surface area contributed by atoms with Crippen LogP contribution in [0.25, 0.3) is 11.0 Å². The van der Waals surface area contributed by atoms with Crippen LogP contribution in [0.3, 0.4) is 0 Å². The first-order chi connectivity index (χ1) is 14.1. The van der Waals surface area contributed by atoms with Gasteiger partial charge >= 0.3 is 6.03 Å². The summed E-state index contributed by atoms with van der Waals surface area (Å²) in [6, 6.07) is 7.68. The lowest BCUT2D eigenvalue weighted by molar-refractivity contribution is -0.133. The summed E-state index contributed by atoms with van der Waals surface area (Å²) in [4.78, 5) is 34.5. The molecule has 1 aliphatic carbocycles. The van der Waals surface area contributed by atoms with E-state index in [0.717, 1.165) is 42.7 Å². The van der Waals surface area contributed by atoms with Crippen molar-refractivity contribution in [2.75, 3.05) is 20.1 Å². The summed E-state index contributed by atoms with van der Waals surface area (Å²) in [6.07, 6.45) is 7.30. The molecule has 4 rings (SSSR count). The Morgan fingerprint density at radius 3 is 2.79 bits per heavy atom. The van der Waals surface area contributed by atoms with Gasteiger partial charge in [0, 0.05) is 26.6 Å². The topological polar surface area (TPSA) is 90.1 Å². The van der Waals surface area contributed by atoms with Gasteiger partial charge in [0.25, 0.3) is 0 Å². The number of H-pyrrole nitrogens is 1. The van der Waals surface area contributed by atoms with Gasteiger partial charge < -0.3 is 20.5 Å². The van der Waals surface area contributed by atoms with Crippen molar-refractivity contribution >= 4 is 23.0 Å². The fraction of sp³-hybridized carbons (Fsp3) is 0.591. The van der Waals surface area contributed by atoms with E-state index in [4.69, 9.17) is 4.98 Å². The quantitative estimate of drug-likeness (QED) is 0.723. The van der Waals surface area contributed by atoms with Gasteiger partial charge in [-0.25, -0.2) is 9.78 Å². The fourth-order valence-corrected chi connectivity index (χ4v) is 4.61. The molecule has 2 fully saturated rings. The van der Waals surface area contributed by atoms with Crippen molar-refractivity contribution in [1.82, 2.24) is 25.5 Å². The molecule has 2 aliphatic rings. The highest BCUT2D eigenvalue weighted by Gasteiger charge is 2.29. The molecule has 0 bridgehead atoms. The van der Waals surface area contributed by atoms with E-state index in [1.165, 1.54) is 19.3 Å². The molecule has 1 saturated heterocycles. The van der Waals surface area contributed by atoms with Crippen molar-refractivity contribution in [2.24, 2.45) is 11.8 Å². The Hall–Kier alpha value is -2.57. The zero-order chi connectivity index (χ0) is 20.2. The summed E-state index contributed by atoms with van der Waals surface area (Å²) in [5, 5.41) is 6.18. The lowest BCUT2D eigenvalue weighted by atomic mass is 9.83. The van der Waals surface area contributed by atoms with Crippen LogP contribution in [0.5, 0.6) is 0 Å². The molecular formula is C22H31N5O2. The second-order valence-electron chi connectivity index (χ2n) is 8.54. The van der Waals surface area contributed by atoms with Crippen LogP contribution in [0.2, 0.25) is 0 Å². The molecule has 0 radical (unpaired) electrons. The van der Waals surface area contributed by atoms with Crippen molar-refractivity contribution in [3.05, 3.63) is 30.1 Å². The molecule has 2 unspecified atom stereocenters. The number of nitrogens with one attached hydrogen (secondary N) is 3. The standard InChI is InChI=1S/C22H31N5O2/c1-27-12-11-15(13-19(27)28)14-23-22(29)26-20(16-7-3-2-4-8-16)21-24-17-9-5-6-10-18(17)25-21/h5-6,9-10,15-16,20H,2-4,7-8,11-14H2,1H3,(H,24,25)(H2,23,26,29). The number of hydrogen-bond donors (Lipinski definition) is 3. The van der Waals surface area contributed by atoms with E-state index in [0.29, 0.717) is 18.9 Å². The molecule has 3 N–H and O–H groups in total. The number of imidazole rings is 1. The Labute approximate surface area is 171 Å². The Balaban J connectivity index is 1.42. The summed E-state index contributed by atoms with van der Waals surface area (Å²) in [6.45, 7) is 1.29. The molecule has 2 atom stereocenters. The molecule has 29 heavy (non-hydrogen) atoms. The van der Waals surface area contributed by atoms with Crippen LogP contribution in [0, 0.1) is 11.8 Å². The van der Waals surface area contributed by atoms with E-state index in [1.54, 1.807) is 4.90 Å². The molecule has 2 heterocycles. The second kappa shape index (κ2) is 8.84. The highest BCUT2D eigenvalue weighted by atomic mass is 16.2. The molecule has 1 aliphatic heterocycles. The van der Waals surface area contributed by atoms with Crippen LogP contribution in [-0.4, -0.2) is 46.9 Å². The number of carbonyl (C=O) groups is 2. The van der Waals surface area contributed by atoms with Gasteiger partial charge in [0.15, 0.2) is 0 Å². The Morgan fingerprint density at radius 2 is 2.03 bits per heavy atom. The number of fused-ring (bicyclic) bond motifs is 1. The highest BCUT2D eigenvalue weighted by Crippen LogP contribution is 2.34. The molecule has 1 saturated carbocycles. The fourth-order valence-electron chi connectivity index (χ4n) is 4.61. The summed E-state index contributed by atoms with van der Waals surface area (Å²) < 4.78 is 0. The molecule has 156 valence electrons. The van der Waals surface area contributed by atoms with Crippen LogP contribution in [0.1, 0.15) is 56.8 Å².